The molecule has 20 heavy (non-hydrogen) atoms. The molecule has 0 saturated carbocycles. The van der Waals surface area contributed by atoms with Crippen LogP contribution in [0.5, 0.6) is 5.75 Å². The predicted octanol–water partition coefficient (Wildman–Crippen LogP) is 4.07. The second-order valence-electron chi connectivity index (χ2n) is 5.46. The molecule has 0 bridgehead atoms. The highest BCUT2D eigenvalue weighted by Crippen LogP contribution is 2.14. The topological polar surface area (TPSA) is 21.3 Å². The second kappa shape index (κ2) is 7.11. The van der Waals surface area contributed by atoms with Gasteiger partial charge in [0.1, 0.15) is 12.4 Å². The van der Waals surface area contributed by atoms with Crippen LogP contribution in [-0.4, -0.2) is 6.04 Å². The quantitative estimate of drug-likeness (QED) is 0.853. The summed E-state index contributed by atoms with van der Waals surface area (Å²) in [4.78, 5) is 0. The molecule has 2 rings (SSSR count). The number of benzene rings is 2. The molecule has 0 aliphatic heterocycles. The molecule has 0 heterocycles. The Bertz CT molecular complexity index is 531. The molecule has 2 aromatic carbocycles. The molecule has 2 nitrogen and oxygen atoms in total. The molecule has 0 unspecified atom stereocenters. The largest absolute Gasteiger partial charge is 0.489 e. The maximum absolute atomic E-state index is 5.81. The van der Waals surface area contributed by atoms with Gasteiger partial charge in [-0.15, -0.1) is 0 Å². The Balaban J connectivity index is 1.92. The van der Waals surface area contributed by atoms with Crippen molar-refractivity contribution in [2.45, 2.75) is 40.0 Å². The molecule has 0 saturated heterocycles. The molecular formula is C18H23NO. The van der Waals surface area contributed by atoms with E-state index >= 15 is 0 Å². The third-order valence-electron chi connectivity index (χ3n) is 3.13. The number of rotatable bonds is 6. The number of hydrogen-bond acceptors (Lipinski definition) is 2. The first kappa shape index (κ1) is 14.6. The van der Waals surface area contributed by atoms with Crippen molar-refractivity contribution in [3.8, 4) is 5.75 Å². The standard InChI is InChI=1S/C18H23NO/c1-14(2)19-12-16-5-4-6-17(11-16)13-20-18-9-7-15(3)8-10-18/h4-11,14,19H,12-13H2,1-3H3. The zero-order chi connectivity index (χ0) is 14.4. The van der Waals surface area contributed by atoms with Gasteiger partial charge in [-0.1, -0.05) is 55.8 Å². The third-order valence-corrected chi connectivity index (χ3v) is 3.13. The van der Waals surface area contributed by atoms with E-state index in [1.54, 1.807) is 0 Å². The predicted molar refractivity (Wildman–Crippen MR) is 83.9 cm³/mol. The Labute approximate surface area is 121 Å². The van der Waals surface area contributed by atoms with E-state index in [1.807, 2.05) is 12.1 Å². The van der Waals surface area contributed by atoms with Gasteiger partial charge in [-0.3, -0.25) is 0 Å². The Hall–Kier alpha value is -1.80. The molecule has 106 valence electrons. The maximum atomic E-state index is 5.81. The van der Waals surface area contributed by atoms with Crippen LogP contribution in [-0.2, 0) is 13.2 Å². The lowest BCUT2D eigenvalue weighted by Crippen LogP contribution is -2.21. The molecule has 2 aromatic rings. The van der Waals surface area contributed by atoms with Crippen LogP contribution >= 0.6 is 0 Å². The normalized spacial score (nSPS) is 10.8. The van der Waals surface area contributed by atoms with Crippen molar-refractivity contribution in [2.75, 3.05) is 0 Å². The van der Waals surface area contributed by atoms with Crippen LogP contribution in [0.2, 0.25) is 0 Å². The van der Waals surface area contributed by atoms with Gasteiger partial charge in [0, 0.05) is 12.6 Å². The maximum Gasteiger partial charge on any atom is 0.119 e. The number of hydrogen-bond donors (Lipinski definition) is 1. The van der Waals surface area contributed by atoms with Gasteiger partial charge in [-0.2, -0.15) is 0 Å². The summed E-state index contributed by atoms with van der Waals surface area (Å²) in [6.45, 7) is 7.90. The van der Waals surface area contributed by atoms with Crippen molar-refractivity contribution in [1.82, 2.24) is 5.32 Å². The highest BCUT2D eigenvalue weighted by atomic mass is 16.5. The Morgan fingerprint density at radius 1 is 1.00 bits per heavy atom. The van der Waals surface area contributed by atoms with E-state index in [2.05, 4.69) is 62.5 Å². The van der Waals surface area contributed by atoms with E-state index in [0.29, 0.717) is 12.6 Å². The number of ether oxygens (including phenoxy) is 1. The van der Waals surface area contributed by atoms with Crippen LogP contribution in [0.4, 0.5) is 0 Å². The van der Waals surface area contributed by atoms with Crippen molar-refractivity contribution >= 4 is 0 Å². The summed E-state index contributed by atoms with van der Waals surface area (Å²) in [6.07, 6.45) is 0. The van der Waals surface area contributed by atoms with Gasteiger partial charge in [0.05, 0.1) is 0 Å². The van der Waals surface area contributed by atoms with Crippen LogP contribution < -0.4 is 10.1 Å². The van der Waals surface area contributed by atoms with Gasteiger partial charge < -0.3 is 10.1 Å². The van der Waals surface area contributed by atoms with Crippen molar-refractivity contribution in [3.05, 3.63) is 65.2 Å². The molecule has 0 radical (unpaired) electrons. The summed E-state index contributed by atoms with van der Waals surface area (Å²) >= 11 is 0. The van der Waals surface area contributed by atoms with Gasteiger partial charge in [-0.05, 0) is 30.2 Å². The average Bonchev–Trinajstić information content (AvgIpc) is 2.45. The summed E-state index contributed by atoms with van der Waals surface area (Å²) in [5.41, 5.74) is 3.75. The summed E-state index contributed by atoms with van der Waals surface area (Å²) in [5.74, 6) is 0.918. The fourth-order valence-corrected chi connectivity index (χ4v) is 1.95. The van der Waals surface area contributed by atoms with Gasteiger partial charge >= 0.3 is 0 Å². The van der Waals surface area contributed by atoms with Gasteiger partial charge in [0.2, 0.25) is 0 Å². The fourth-order valence-electron chi connectivity index (χ4n) is 1.95. The van der Waals surface area contributed by atoms with Gasteiger partial charge in [-0.25, -0.2) is 0 Å². The van der Waals surface area contributed by atoms with Crippen molar-refractivity contribution in [2.24, 2.45) is 0 Å². The summed E-state index contributed by atoms with van der Waals surface area (Å²) in [7, 11) is 0. The highest BCUT2D eigenvalue weighted by molar-refractivity contribution is 5.27. The van der Waals surface area contributed by atoms with E-state index < -0.39 is 0 Å². The molecule has 0 aliphatic carbocycles. The van der Waals surface area contributed by atoms with Crippen molar-refractivity contribution in [1.29, 1.82) is 0 Å². The highest BCUT2D eigenvalue weighted by Gasteiger charge is 1.99. The molecule has 0 spiro atoms. The first-order valence-corrected chi connectivity index (χ1v) is 7.14. The monoisotopic (exact) mass is 269 g/mol. The van der Waals surface area contributed by atoms with Gasteiger partial charge in [0.25, 0.3) is 0 Å². The van der Waals surface area contributed by atoms with Crippen molar-refractivity contribution in [3.63, 3.8) is 0 Å². The van der Waals surface area contributed by atoms with Crippen molar-refractivity contribution < 1.29 is 4.74 Å². The van der Waals surface area contributed by atoms with Crippen LogP contribution in [0.25, 0.3) is 0 Å². The minimum absolute atomic E-state index is 0.502. The Morgan fingerprint density at radius 2 is 1.70 bits per heavy atom. The fraction of sp³-hybridized carbons (Fsp3) is 0.333. The SMILES string of the molecule is Cc1ccc(OCc2cccc(CNC(C)C)c2)cc1. The van der Waals surface area contributed by atoms with Crippen LogP contribution in [0.15, 0.2) is 48.5 Å². The zero-order valence-electron chi connectivity index (χ0n) is 12.5. The lowest BCUT2D eigenvalue weighted by Gasteiger charge is -2.10. The van der Waals surface area contributed by atoms with E-state index in [4.69, 9.17) is 4.74 Å². The molecule has 2 heteroatoms. The first-order chi connectivity index (χ1) is 9.63. The summed E-state index contributed by atoms with van der Waals surface area (Å²) < 4.78 is 5.81. The minimum Gasteiger partial charge on any atom is -0.489 e. The average molecular weight is 269 g/mol. The van der Waals surface area contributed by atoms with E-state index in [-0.39, 0.29) is 0 Å². The smallest absolute Gasteiger partial charge is 0.119 e. The van der Waals surface area contributed by atoms with Crippen LogP contribution in [0.3, 0.4) is 0 Å². The summed E-state index contributed by atoms with van der Waals surface area (Å²) in [6, 6.07) is 17.2. The first-order valence-electron chi connectivity index (χ1n) is 7.14. The van der Waals surface area contributed by atoms with E-state index in [9.17, 15) is 0 Å². The zero-order valence-corrected chi connectivity index (χ0v) is 12.5. The molecule has 0 aliphatic rings. The minimum atomic E-state index is 0.502. The molecule has 1 N–H and O–H groups in total. The lowest BCUT2D eigenvalue weighted by molar-refractivity contribution is 0.306. The second-order valence-corrected chi connectivity index (χ2v) is 5.46. The molecule has 0 amide bonds. The molecule has 0 aromatic heterocycles. The molecule has 0 fully saturated rings. The number of nitrogens with one attached hydrogen (secondary N) is 1. The summed E-state index contributed by atoms with van der Waals surface area (Å²) in [5, 5.41) is 3.43. The van der Waals surface area contributed by atoms with Gasteiger partial charge in [0.15, 0.2) is 0 Å². The molecule has 0 atom stereocenters. The Morgan fingerprint density at radius 3 is 2.40 bits per heavy atom. The van der Waals surface area contributed by atoms with Crippen LogP contribution in [0.1, 0.15) is 30.5 Å². The third kappa shape index (κ3) is 4.71. The molecular weight excluding hydrogens is 246 g/mol. The van der Waals surface area contributed by atoms with E-state index in [0.717, 1.165) is 12.3 Å². The lowest BCUT2D eigenvalue weighted by atomic mass is 10.1. The van der Waals surface area contributed by atoms with E-state index in [1.165, 1.54) is 16.7 Å². The van der Waals surface area contributed by atoms with Crippen LogP contribution in [0, 0.1) is 6.92 Å². The Kier molecular flexibility index (Phi) is 5.19. The number of aryl methyl sites for hydroxylation is 1.